The first-order valence-electron chi connectivity index (χ1n) is 5.61. The number of methoxy groups -OCH3 is 1. The molecule has 0 unspecified atom stereocenters. The minimum absolute atomic E-state index is 0.110. The number of ether oxygens (including phenoxy) is 1. The Balaban J connectivity index is 1.99. The normalized spacial score (nSPS) is 11.1. The molecule has 1 aromatic carbocycles. The molecule has 92 valence electrons. The summed E-state index contributed by atoms with van der Waals surface area (Å²) in [5, 5.41) is 4.04. The molecule has 0 spiro atoms. The van der Waals surface area contributed by atoms with Crippen molar-refractivity contribution in [1.82, 2.24) is 9.27 Å². The van der Waals surface area contributed by atoms with E-state index in [0.29, 0.717) is 13.2 Å². The van der Waals surface area contributed by atoms with Crippen molar-refractivity contribution in [1.29, 1.82) is 0 Å². The SMILES string of the molecule is COCCNCCn1sc2ccccc2c1=O. The average Bonchev–Trinajstić information content (AvgIpc) is 2.67. The highest BCUT2D eigenvalue weighted by atomic mass is 32.1. The quantitative estimate of drug-likeness (QED) is 0.788. The first-order chi connectivity index (χ1) is 8.33. The van der Waals surface area contributed by atoms with Crippen LogP contribution >= 0.6 is 11.5 Å². The summed E-state index contributed by atoms with van der Waals surface area (Å²) in [5.41, 5.74) is 0.110. The van der Waals surface area contributed by atoms with Crippen LogP contribution in [0.2, 0.25) is 0 Å². The van der Waals surface area contributed by atoms with E-state index in [9.17, 15) is 4.79 Å². The number of aromatic nitrogens is 1. The third-order valence-corrected chi connectivity index (χ3v) is 3.65. The maximum Gasteiger partial charge on any atom is 0.268 e. The van der Waals surface area contributed by atoms with Crippen molar-refractivity contribution in [2.24, 2.45) is 0 Å². The van der Waals surface area contributed by atoms with Crippen LogP contribution < -0.4 is 10.9 Å². The fourth-order valence-corrected chi connectivity index (χ4v) is 2.64. The number of rotatable bonds is 6. The second-order valence-corrected chi connectivity index (χ2v) is 4.80. The van der Waals surface area contributed by atoms with Gasteiger partial charge in [-0.1, -0.05) is 23.7 Å². The van der Waals surface area contributed by atoms with Gasteiger partial charge in [0.05, 0.1) is 16.7 Å². The molecular formula is C12H16N2O2S. The first kappa shape index (κ1) is 12.3. The lowest BCUT2D eigenvalue weighted by atomic mass is 10.3. The summed E-state index contributed by atoms with van der Waals surface area (Å²) in [6.07, 6.45) is 0. The van der Waals surface area contributed by atoms with E-state index in [1.807, 2.05) is 24.3 Å². The van der Waals surface area contributed by atoms with Crippen molar-refractivity contribution < 1.29 is 4.74 Å². The third kappa shape index (κ3) is 2.94. The summed E-state index contributed by atoms with van der Waals surface area (Å²) in [4.78, 5) is 12.0. The molecule has 2 aromatic rings. The molecule has 0 bridgehead atoms. The van der Waals surface area contributed by atoms with E-state index < -0.39 is 0 Å². The smallest absolute Gasteiger partial charge is 0.268 e. The number of hydrogen-bond acceptors (Lipinski definition) is 4. The molecule has 0 fully saturated rings. The molecule has 0 saturated heterocycles. The Labute approximate surface area is 104 Å². The van der Waals surface area contributed by atoms with E-state index in [1.165, 1.54) is 11.5 Å². The van der Waals surface area contributed by atoms with E-state index in [-0.39, 0.29) is 5.56 Å². The van der Waals surface area contributed by atoms with E-state index in [4.69, 9.17) is 4.74 Å². The van der Waals surface area contributed by atoms with Gasteiger partial charge in [0.25, 0.3) is 5.56 Å². The molecule has 1 N–H and O–H groups in total. The summed E-state index contributed by atoms with van der Waals surface area (Å²) in [6, 6.07) is 7.72. The maximum absolute atomic E-state index is 12.0. The van der Waals surface area contributed by atoms with Gasteiger partial charge in [0.15, 0.2) is 0 Å². The van der Waals surface area contributed by atoms with E-state index >= 15 is 0 Å². The maximum atomic E-state index is 12.0. The van der Waals surface area contributed by atoms with Crippen LogP contribution in [0.3, 0.4) is 0 Å². The van der Waals surface area contributed by atoms with Crippen molar-refractivity contribution in [3.63, 3.8) is 0 Å². The molecule has 0 radical (unpaired) electrons. The van der Waals surface area contributed by atoms with Crippen molar-refractivity contribution in [3.05, 3.63) is 34.6 Å². The predicted octanol–water partition coefficient (Wildman–Crippen LogP) is 1.30. The second kappa shape index (κ2) is 5.95. The summed E-state index contributed by atoms with van der Waals surface area (Å²) in [5.74, 6) is 0. The van der Waals surface area contributed by atoms with Gasteiger partial charge in [-0.2, -0.15) is 0 Å². The van der Waals surface area contributed by atoms with Crippen LogP contribution in [-0.4, -0.2) is 30.8 Å². The fourth-order valence-electron chi connectivity index (χ4n) is 1.64. The Kier molecular flexibility index (Phi) is 4.30. The van der Waals surface area contributed by atoms with Gasteiger partial charge in [-0.25, -0.2) is 0 Å². The summed E-state index contributed by atoms with van der Waals surface area (Å²) < 4.78 is 7.78. The minimum atomic E-state index is 0.110. The number of nitrogens with one attached hydrogen (secondary N) is 1. The molecule has 2 rings (SSSR count). The number of benzene rings is 1. The van der Waals surface area contributed by atoms with Crippen LogP contribution in [0.4, 0.5) is 0 Å². The zero-order chi connectivity index (χ0) is 12.1. The zero-order valence-electron chi connectivity index (χ0n) is 9.81. The minimum Gasteiger partial charge on any atom is -0.383 e. The fraction of sp³-hybridized carbons (Fsp3) is 0.417. The molecule has 0 aliphatic rings. The van der Waals surface area contributed by atoms with Gasteiger partial charge in [-0.3, -0.25) is 8.75 Å². The first-order valence-corrected chi connectivity index (χ1v) is 6.39. The van der Waals surface area contributed by atoms with Crippen molar-refractivity contribution >= 4 is 21.6 Å². The van der Waals surface area contributed by atoms with Crippen molar-refractivity contribution in [2.75, 3.05) is 26.8 Å². The number of fused-ring (bicyclic) bond motifs is 1. The zero-order valence-corrected chi connectivity index (χ0v) is 10.6. The topological polar surface area (TPSA) is 43.3 Å². The Morgan fingerprint density at radius 3 is 2.94 bits per heavy atom. The molecule has 17 heavy (non-hydrogen) atoms. The molecular weight excluding hydrogens is 236 g/mol. The molecule has 0 aliphatic heterocycles. The largest absolute Gasteiger partial charge is 0.383 e. The van der Waals surface area contributed by atoms with Gasteiger partial charge in [-0.15, -0.1) is 0 Å². The van der Waals surface area contributed by atoms with Gasteiger partial charge in [0.1, 0.15) is 0 Å². The molecule has 0 amide bonds. The number of hydrogen-bond donors (Lipinski definition) is 1. The molecule has 4 nitrogen and oxygen atoms in total. The van der Waals surface area contributed by atoms with Crippen LogP contribution in [0.25, 0.3) is 10.1 Å². The molecule has 0 saturated carbocycles. The monoisotopic (exact) mass is 252 g/mol. The Morgan fingerprint density at radius 1 is 1.35 bits per heavy atom. The second-order valence-electron chi connectivity index (χ2n) is 3.74. The van der Waals surface area contributed by atoms with E-state index in [2.05, 4.69) is 5.32 Å². The van der Waals surface area contributed by atoms with Gasteiger partial charge in [0, 0.05) is 26.7 Å². The van der Waals surface area contributed by atoms with Crippen molar-refractivity contribution in [2.45, 2.75) is 6.54 Å². The highest BCUT2D eigenvalue weighted by molar-refractivity contribution is 7.13. The lowest BCUT2D eigenvalue weighted by Crippen LogP contribution is -2.26. The summed E-state index contributed by atoms with van der Waals surface area (Å²) >= 11 is 1.52. The van der Waals surface area contributed by atoms with Crippen LogP contribution in [0.15, 0.2) is 29.1 Å². The van der Waals surface area contributed by atoms with Crippen LogP contribution in [0, 0.1) is 0 Å². The predicted molar refractivity (Wildman–Crippen MR) is 70.8 cm³/mol. The third-order valence-electron chi connectivity index (χ3n) is 2.53. The summed E-state index contributed by atoms with van der Waals surface area (Å²) in [7, 11) is 1.68. The van der Waals surface area contributed by atoms with Crippen molar-refractivity contribution in [3.8, 4) is 0 Å². The lowest BCUT2D eigenvalue weighted by molar-refractivity contribution is 0.199. The summed E-state index contributed by atoms with van der Waals surface area (Å²) in [6.45, 7) is 3.01. The van der Waals surface area contributed by atoms with E-state index in [0.717, 1.165) is 23.2 Å². The molecule has 1 aromatic heterocycles. The highest BCUT2D eigenvalue weighted by Crippen LogP contribution is 2.15. The Morgan fingerprint density at radius 2 is 2.18 bits per heavy atom. The number of nitrogens with zero attached hydrogens (tertiary/aromatic N) is 1. The molecule has 0 atom stereocenters. The lowest BCUT2D eigenvalue weighted by Gasteiger charge is -2.03. The molecule has 0 aliphatic carbocycles. The standard InChI is InChI=1S/C12H16N2O2S/c1-16-9-7-13-6-8-14-12(15)10-4-2-3-5-11(10)17-14/h2-5,13H,6-9H2,1H3. The van der Waals surface area contributed by atoms with E-state index in [1.54, 1.807) is 11.1 Å². The average molecular weight is 252 g/mol. The van der Waals surface area contributed by atoms with Gasteiger partial charge < -0.3 is 10.1 Å². The van der Waals surface area contributed by atoms with Gasteiger partial charge in [-0.05, 0) is 12.1 Å². The molecule has 1 heterocycles. The Hall–Kier alpha value is -1.17. The highest BCUT2D eigenvalue weighted by Gasteiger charge is 2.05. The van der Waals surface area contributed by atoms with Crippen LogP contribution in [-0.2, 0) is 11.3 Å². The Bertz CT molecular complexity index is 533. The van der Waals surface area contributed by atoms with Gasteiger partial charge in [0.2, 0.25) is 0 Å². The van der Waals surface area contributed by atoms with Gasteiger partial charge >= 0.3 is 0 Å². The van der Waals surface area contributed by atoms with Crippen LogP contribution in [0.1, 0.15) is 0 Å². The molecule has 5 heteroatoms. The van der Waals surface area contributed by atoms with Crippen LogP contribution in [0.5, 0.6) is 0 Å².